The van der Waals surface area contributed by atoms with E-state index in [2.05, 4.69) is 15.4 Å². The Morgan fingerprint density at radius 2 is 2.12 bits per heavy atom. The molecule has 0 amide bonds. The first-order valence-corrected chi connectivity index (χ1v) is 5.65. The molecular formula is C10H17N5O. The van der Waals surface area contributed by atoms with Crippen LogP contribution in [0.4, 0.5) is 0 Å². The number of nitrogens with two attached hydrogens (primary N) is 1. The number of tetrazole rings is 1. The van der Waals surface area contributed by atoms with Gasteiger partial charge in [-0.05, 0) is 18.1 Å². The lowest BCUT2D eigenvalue weighted by Crippen LogP contribution is -2.50. The number of aryl methyl sites for hydroxylation is 1. The van der Waals surface area contributed by atoms with Crippen molar-refractivity contribution in [1.82, 2.24) is 20.2 Å². The number of hydrogen-bond donors (Lipinski definition) is 1. The van der Waals surface area contributed by atoms with Crippen LogP contribution in [0.3, 0.4) is 0 Å². The Labute approximate surface area is 94.2 Å². The van der Waals surface area contributed by atoms with Crippen LogP contribution in [0.2, 0.25) is 0 Å². The molecule has 0 saturated heterocycles. The summed E-state index contributed by atoms with van der Waals surface area (Å²) in [6.45, 7) is 0. The quantitative estimate of drug-likeness (QED) is 0.778. The first kappa shape index (κ1) is 11.2. The van der Waals surface area contributed by atoms with E-state index in [9.17, 15) is 4.79 Å². The summed E-state index contributed by atoms with van der Waals surface area (Å²) >= 11 is 0. The van der Waals surface area contributed by atoms with E-state index in [1.807, 2.05) is 0 Å². The summed E-state index contributed by atoms with van der Waals surface area (Å²) in [4.78, 5) is 13.4. The number of Topliss-reactive ketones (excluding diaryl/α,β-unsaturated/α-hetero) is 1. The maximum absolute atomic E-state index is 12.1. The molecule has 1 aromatic heterocycles. The molecule has 0 atom stereocenters. The Balaban J connectivity index is 2.01. The molecule has 1 fully saturated rings. The average molecular weight is 223 g/mol. The third-order valence-electron chi connectivity index (χ3n) is 3.17. The van der Waals surface area contributed by atoms with Gasteiger partial charge in [-0.1, -0.05) is 19.3 Å². The van der Waals surface area contributed by atoms with Crippen LogP contribution < -0.4 is 5.73 Å². The summed E-state index contributed by atoms with van der Waals surface area (Å²) < 4.78 is 0. The normalized spacial score (nSPS) is 19.6. The molecule has 16 heavy (non-hydrogen) atoms. The highest BCUT2D eigenvalue weighted by Crippen LogP contribution is 2.27. The molecule has 0 spiro atoms. The Kier molecular flexibility index (Phi) is 3.00. The zero-order valence-corrected chi connectivity index (χ0v) is 9.52. The van der Waals surface area contributed by atoms with Crippen molar-refractivity contribution in [2.75, 3.05) is 0 Å². The summed E-state index contributed by atoms with van der Waals surface area (Å²) in [6, 6.07) is 0. The second kappa shape index (κ2) is 4.29. The van der Waals surface area contributed by atoms with Crippen LogP contribution in [-0.4, -0.2) is 31.5 Å². The summed E-state index contributed by atoms with van der Waals surface area (Å²) in [5.41, 5.74) is 5.47. The SMILES string of the molecule is Cn1nnc(CC(=O)C2(N)CCCCC2)n1. The predicted octanol–water partition coefficient (Wildman–Crippen LogP) is -0.0167. The van der Waals surface area contributed by atoms with E-state index in [1.165, 1.54) is 11.2 Å². The lowest BCUT2D eigenvalue weighted by molar-refractivity contribution is -0.124. The molecule has 0 bridgehead atoms. The number of hydrogen-bond acceptors (Lipinski definition) is 5. The maximum Gasteiger partial charge on any atom is 0.182 e. The third kappa shape index (κ3) is 2.27. The van der Waals surface area contributed by atoms with Gasteiger partial charge in [-0.15, -0.1) is 10.2 Å². The average Bonchev–Trinajstić information content (AvgIpc) is 2.65. The summed E-state index contributed by atoms with van der Waals surface area (Å²) in [7, 11) is 1.68. The predicted molar refractivity (Wildman–Crippen MR) is 57.5 cm³/mol. The maximum atomic E-state index is 12.1. The molecule has 0 aromatic carbocycles. The Morgan fingerprint density at radius 1 is 1.44 bits per heavy atom. The van der Waals surface area contributed by atoms with Crippen LogP contribution in [0.25, 0.3) is 0 Å². The van der Waals surface area contributed by atoms with Crippen molar-refractivity contribution in [3.8, 4) is 0 Å². The van der Waals surface area contributed by atoms with E-state index < -0.39 is 5.54 Å². The van der Waals surface area contributed by atoms with Crippen molar-refractivity contribution in [3.05, 3.63) is 5.82 Å². The minimum absolute atomic E-state index is 0.0419. The van der Waals surface area contributed by atoms with Gasteiger partial charge in [-0.2, -0.15) is 4.80 Å². The molecule has 1 aliphatic carbocycles. The van der Waals surface area contributed by atoms with Crippen LogP contribution in [0.15, 0.2) is 0 Å². The Morgan fingerprint density at radius 3 is 2.69 bits per heavy atom. The van der Waals surface area contributed by atoms with Crippen molar-refractivity contribution in [3.63, 3.8) is 0 Å². The number of carbonyl (C=O) groups is 1. The van der Waals surface area contributed by atoms with Gasteiger partial charge in [0.1, 0.15) is 0 Å². The molecule has 6 heteroatoms. The standard InChI is InChI=1S/C10H17N5O/c1-15-13-9(12-14-15)7-8(16)10(11)5-3-2-4-6-10/h2-7,11H2,1H3. The van der Waals surface area contributed by atoms with E-state index in [0.717, 1.165) is 25.7 Å². The van der Waals surface area contributed by atoms with Crippen molar-refractivity contribution in [2.45, 2.75) is 44.1 Å². The monoisotopic (exact) mass is 223 g/mol. The number of rotatable bonds is 3. The van der Waals surface area contributed by atoms with Crippen LogP contribution in [-0.2, 0) is 18.3 Å². The third-order valence-corrected chi connectivity index (χ3v) is 3.17. The number of nitrogens with zero attached hydrogens (tertiary/aromatic N) is 4. The molecule has 1 aliphatic rings. The van der Waals surface area contributed by atoms with E-state index >= 15 is 0 Å². The molecule has 6 nitrogen and oxygen atoms in total. The topological polar surface area (TPSA) is 86.7 Å². The van der Waals surface area contributed by atoms with Crippen molar-refractivity contribution < 1.29 is 4.79 Å². The first-order chi connectivity index (χ1) is 7.60. The summed E-state index contributed by atoms with van der Waals surface area (Å²) in [5.74, 6) is 0.503. The summed E-state index contributed by atoms with van der Waals surface area (Å²) in [6.07, 6.45) is 5.02. The first-order valence-electron chi connectivity index (χ1n) is 5.65. The molecule has 1 aromatic rings. The molecular weight excluding hydrogens is 206 g/mol. The van der Waals surface area contributed by atoms with Gasteiger partial charge < -0.3 is 5.73 Å². The van der Waals surface area contributed by atoms with E-state index in [4.69, 9.17) is 5.73 Å². The highest BCUT2D eigenvalue weighted by molar-refractivity contribution is 5.89. The van der Waals surface area contributed by atoms with Crippen LogP contribution in [0, 0.1) is 0 Å². The van der Waals surface area contributed by atoms with Crippen LogP contribution >= 0.6 is 0 Å². The van der Waals surface area contributed by atoms with Gasteiger partial charge in [0, 0.05) is 0 Å². The van der Waals surface area contributed by atoms with Gasteiger partial charge in [-0.3, -0.25) is 4.79 Å². The molecule has 0 unspecified atom stereocenters. The van der Waals surface area contributed by atoms with Gasteiger partial charge in [0.05, 0.1) is 19.0 Å². The molecule has 2 N–H and O–H groups in total. The molecule has 0 radical (unpaired) electrons. The minimum Gasteiger partial charge on any atom is -0.319 e. The second-order valence-corrected chi connectivity index (χ2v) is 4.51. The van der Waals surface area contributed by atoms with Gasteiger partial charge >= 0.3 is 0 Å². The van der Waals surface area contributed by atoms with Crippen molar-refractivity contribution in [1.29, 1.82) is 0 Å². The Bertz CT molecular complexity index is 380. The van der Waals surface area contributed by atoms with Crippen molar-refractivity contribution in [2.24, 2.45) is 12.8 Å². The van der Waals surface area contributed by atoms with Gasteiger partial charge in [0.15, 0.2) is 11.6 Å². The highest BCUT2D eigenvalue weighted by Gasteiger charge is 2.35. The van der Waals surface area contributed by atoms with E-state index in [0.29, 0.717) is 5.82 Å². The molecule has 88 valence electrons. The zero-order chi connectivity index (χ0) is 11.6. The zero-order valence-electron chi connectivity index (χ0n) is 9.52. The lowest BCUT2D eigenvalue weighted by Gasteiger charge is -2.31. The lowest BCUT2D eigenvalue weighted by atomic mass is 9.78. The van der Waals surface area contributed by atoms with Crippen molar-refractivity contribution >= 4 is 5.78 Å². The largest absolute Gasteiger partial charge is 0.319 e. The molecule has 1 heterocycles. The Hall–Kier alpha value is -1.30. The number of ketones is 1. The fourth-order valence-electron chi connectivity index (χ4n) is 2.18. The fourth-order valence-corrected chi connectivity index (χ4v) is 2.18. The fraction of sp³-hybridized carbons (Fsp3) is 0.800. The van der Waals surface area contributed by atoms with Gasteiger partial charge in [0.2, 0.25) is 0 Å². The molecule has 1 saturated carbocycles. The second-order valence-electron chi connectivity index (χ2n) is 4.51. The number of aromatic nitrogens is 4. The minimum atomic E-state index is -0.655. The molecule has 0 aliphatic heterocycles. The highest BCUT2D eigenvalue weighted by atomic mass is 16.1. The van der Waals surface area contributed by atoms with Gasteiger partial charge in [0.25, 0.3) is 0 Å². The smallest absolute Gasteiger partial charge is 0.182 e. The van der Waals surface area contributed by atoms with Crippen LogP contribution in [0.1, 0.15) is 37.9 Å². The van der Waals surface area contributed by atoms with Gasteiger partial charge in [-0.25, -0.2) is 0 Å². The van der Waals surface area contributed by atoms with Crippen LogP contribution in [0.5, 0.6) is 0 Å². The van der Waals surface area contributed by atoms with E-state index in [-0.39, 0.29) is 12.2 Å². The summed E-state index contributed by atoms with van der Waals surface area (Å²) in [5, 5.41) is 11.5. The molecule has 2 rings (SSSR count). The number of carbonyl (C=O) groups excluding carboxylic acids is 1. The van der Waals surface area contributed by atoms with E-state index in [1.54, 1.807) is 7.05 Å².